The van der Waals surface area contributed by atoms with Crippen molar-refractivity contribution in [2.24, 2.45) is 0 Å². The van der Waals surface area contributed by atoms with Crippen molar-refractivity contribution >= 4 is 12.3 Å². The van der Waals surface area contributed by atoms with Gasteiger partial charge in [0.25, 0.3) is 0 Å². The lowest BCUT2D eigenvalue weighted by Gasteiger charge is -2.07. The largest absolute Gasteiger partial charge is 0.465 e. The molecule has 0 atom stereocenters. The van der Waals surface area contributed by atoms with Gasteiger partial charge in [-0.3, -0.25) is 4.79 Å². The topological polar surface area (TPSA) is 65.5 Å². The summed E-state index contributed by atoms with van der Waals surface area (Å²) in [7, 11) is 1.33. The minimum Gasteiger partial charge on any atom is -0.465 e. The van der Waals surface area contributed by atoms with Gasteiger partial charge in [-0.2, -0.15) is 0 Å². The van der Waals surface area contributed by atoms with E-state index in [1.165, 1.54) is 7.11 Å². The van der Waals surface area contributed by atoms with Crippen molar-refractivity contribution in [3.63, 3.8) is 0 Å². The molecule has 0 bridgehead atoms. The van der Waals surface area contributed by atoms with E-state index < -0.39 is 5.97 Å². The van der Waals surface area contributed by atoms with E-state index in [1.807, 2.05) is 0 Å². The lowest BCUT2D eigenvalue weighted by Crippen LogP contribution is -2.00. The van der Waals surface area contributed by atoms with E-state index in [1.54, 1.807) is 43.3 Å². The predicted octanol–water partition coefficient (Wildman–Crippen LogP) is 2.78. The Morgan fingerprint density at radius 3 is 2.40 bits per heavy atom. The maximum absolute atomic E-state index is 11.3. The minimum atomic E-state index is -0.402. The van der Waals surface area contributed by atoms with Crippen molar-refractivity contribution in [1.29, 1.82) is 0 Å². The average molecular weight is 271 g/mol. The minimum absolute atomic E-state index is 0.388. The summed E-state index contributed by atoms with van der Waals surface area (Å²) in [6.45, 7) is 1.73. The Kier molecular flexibility index (Phi) is 4.10. The van der Waals surface area contributed by atoms with Gasteiger partial charge in [0, 0.05) is 11.6 Å². The number of hydrogen-bond acceptors (Lipinski definition) is 5. The molecular weight excluding hydrogens is 258 g/mol. The van der Waals surface area contributed by atoms with Gasteiger partial charge in [0.2, 0.25) is 5.88 Å². The van der Waals surface area contributed by atoms with Crippen LogP contribution in [0.4, 0.5) is 0 Å². The molecule has 0 radical (unpaired) electrons. The average Bonchev–Trinajstić information content (AvgIpc) is 2.47. The number of methoxy groups -OCH3 is 1. The molecular formula is C15H13NO4. The number of rotatable bonds is 4. The molecule has 0 aliphatic rings. The number of aromatic nitrogens is 1. The summed E-state index contributed by atoms with van der Waals surface area (Å²) in [5.41, 5.74) is 1.57. The summed E-state index contributed by atoms with van der Waals surface area (Å²) in [5.74, 6) is 0.531. The Morgan fingerprint density at radius 2 is 1.85 bits per heavy atom. The maximum Gasteiger partial charge on any atom is 0.337 e. The fourth-order valence-corrected chi connectivity index (χ4v) is 1.63. The number of benzene rings is 1. The van der Waals surface area contributed by atoms with Crippen LogP contribution >= 0.6 is 0 Å². The van der Waals surface area contributed by atoms with Gasteiger partial charge in [0.15, 0.2) is 6.29 Å². The highest BCUT2D eigenvalue weighted by Crippen LogP contribution is 2.21. The highest BCUT2D eigenvalue weighted by atomic mass is 16.5. The molecule has 1 aromatic heterocycles. The van der Waals surface area contributed by atoms with Crippen molar-refractivity contribution in [3.05, 3.63) is 53.2 Å². The Bertz CT molecular complexity index is 635. The molecule has 1 heterocycles. The molecule has 5 heteroatoms. The van der Waals surface area contributed by atoms with E-state index in [0.717, 1.165) is 6.29 Å². The fraction of sp³-hybridized carbons (Fsp3) is 0.133. The van der Waals surface area contributed by atoms with Gasteiger partial charge in [-0.05, 0) is 37.3 Å². The number of aryl methyl sites for hydroxylation is 1. The van der Waals surface area contributed by atoms with Crippen molar-refractivity contribution in [1.82, 2.24) is 4.98 Å². The summed E-state index contributed by atoms with van der Waals surface area (Å²) in [6, 6.07) is 9.77. The smallest absolute Gasteiger partial charge is 0.337 e. The molecule has 0 aliphatic carbocycles. The molecule has 20 heavy (non-hydrogen) atoms. The van der Waals surface area contributed by atoms with E-state index in [0.29, 0.717) is 28.5 Å². The van der Waals surface area contributed by atoms with Crippen LogP contribution in [0.15, 0.2) is 36.4 Å². The molecule has 0 spiro atoms. The molecule has 0 aliphatic heterocycles. The van der Waals surface area contributed by atoms with E-state index in [2.05, 4.69) is 9.72 Å². The summed E-state index contributed by atoms with van der Waals surface area (Å²) in [5, 5.41) is 0. The highest BCUT2D eigenvalue weighted by Gasteiger charge is 2.06. The Morgan fingerprint density at radius 1 is 1.15 bits per heavy atom. The Labute approximate surface area is 116 Å². The standard InChI is InChI=1S/C15H13NO4/c1-10-12(9-17)5-8-14(16-10)20-13-6-3-11(4-7-13)15(18)19-2/h3-9H,1-2H3. The number of ether oxygens (including phenoxy) is 2. The first kappa shape index (κ1) is 13.7. The van der Waals surface area contributed by atoms with Gasteiger partial charge >= 0.3 is 5.97 Å². The molecule has 0 amide bonds. The van der Waals surface area contributed by atoms with Crippen molar-refractivity contribution in [3.8, 4) is 11.6 Å². The number of aldehydes is 1. The number of carbonyl (C=O) groups is 2. The zero-order valence-electron chi connectivity index (χ0n) is 11.1. The van der Waals surface area contributed by atoms with Crippen LogP contribution in [0.25, 0.3) is 0 Å². The predicted molar refractivity (Wildman–Crippen MR) is 72.2 cm³/mol. The fourth-order valence-electron chi connectivity index (χ4n) is 1.63. The van der Waals surface area contributed by atoms with Crippen LogP contribution in [-0.4, -0.2) is 24.3 Å². The van der Waals surface area contributed by atoms with Crippen molar-refractivity contribution in [2.45, 2.75) is 6.92 Å². The summed E-state index contributed by atoms with van der Waals surface area (Å²) >= 11 is 0. The van der Waals surface area contributed by atoms with E-state index in [9.17, 15) is 9.59 Å². The number of carbonyl (C=O) groups excluding carboxylic acids is 2. The van der Waals surface area contributed by atoms with E-state index in [-0.39, 0.29) is 0 Å². The molecule has 0 fully saturated rings. The lowest BCUT2D eigenvalue weighted by molar-refractivity contribution is 0.0600. The van der Waals surface area contributed by atoms with Crippen LogP contribution in [0, 0.1) is 6.92 Å². The monoisotopic (exact) mass is 271 g/mol. The molecule has 102 valence electrons. The molecule has 0 saturated heterocycles. The second-order valence-electron chi connectivity index (χ2n) is 4.06. The summed E-state index contributed by atoms with van der Waals surface area (Å²) in [6.07, 6.45) is 0.747. The third-order valence-electron chi connectivity index (χ3n) is 2.73. The molecule has 0 N–H and O–H groups in total. The number of pyridine rings is 1. The zero-order valence-corrected chi connectivity index (χ0v) is 11.1. The lowest BCUT2D eigenvalue weighted by atomic mass is 10.2. The Balaban J connectivity index is 2.16. The first-order valence-electron chi connectivity index (χ1n) is 5.93. The molecule has 2 rings (SSSR count). The first-order valence-corrected chi connectivity index (χ1v) is 5.93. The number of nitrogens with zero attached hydrogens (tertiary/aromatic N) is 1. The maximum atomic E-state index is 11.3. The van der Waals surface area contributed by atoms with Crippen LogP contribution < -0.4 is 4.74 Å². The third kappa shape index (κ3) is 3.00. The second kappa shape index (κ2) is 5.97. The van der Waals surface area contributed by atoms with Gasteiger partial charge in [-0.1, -0.05) is 0 Å². The third-order valence-corrected chi connectivity index (χ3v) is 2.73. The molecule has 1 aromatic carbocycles. The van der Waals surface area contributed by atoms with E-state index >= 15 is 0 Å². The van der Waals surface area contributed by atoms with Crippen LogP contribution in [0.3, 0.4) is 0 Å². The SMILES string of the molecule is COC(=O)c1ccc(Oc2ccc(C=O)c(C)n2)cc1. The summed E-state index contributed by atoms with van der Waals surface area (Å²) < 4.78 is 10.2. The van der Waals surface area contributed by atoms with Gasteiger partial charge in [-0.25, -0.2) is 9.78 Å². The van der Waals surface area contributed by atoms with Crippen LogP contribution in [-0.2, 0) is 4.74 Å². The van der Waals surface area contributed by atoms with Gasteiger partial charge in [-0.15, -0.1) is 0 Å². The molecule has 0 unspecified atom stereocenters. The normalized spacial score (nSPS) is 9.90. The van der Waals surface area contributed by atoms with E-state index in [4.69, 9.17) is 4.74 Å². The van der Waals surface area contributed by atoms with Crippen LogP contribution in [0.5, 0.6) is 11.6 Å². The van der Waals surface area contributed by atoms with Gasteiger partial charge in [0.1, 0.15) is 5.75 Å². The van der Waals surface area contributed by atoms with Crippen molar-refractivity contribution < 1.29 is 19.1 Å². The van der Waals surface area contributed by atoms with Crippen LogP contribution in [0.1, 0.15) is 26.4 Å². The second-order valence-corrected chi connectivity index (χ2v) is 4.06. The highest BCUT2D eigenvalue weighted by molar-refractivity contribution is 5.89. The number of esters is 1. The zero-order chi connectivity index (χ0) is 14.5. The summed E-state index contributed by atoms with van der Waals surface area (Å²) in [4.78, 5) is 26.2. The van der Waals surface area contributed by atoms with Crippen molar-refractivity contribution in [2.75, 3.05) is 7.11 Å². The Hall–Kier alpha value is -2.69. The van der Waals surface area contributed by atoms with Crippen LogP contribution in [0.2, 0.25) is 0 Å². The molecule has 5 nitrogen and oxygen atoms in total. The number of hydrogen-bond donors (Lipinski definition) is 0. The first-order chi connectivity index (χ1) is 9.63. The van der Waals surface area contributed by atoms with Gasteiger partial charge < -0.3 is 9.47 Å². The quantitative estimate of drug-likeness (QED) is 0.632. The molecule has 2 aromatic rings. The van der Waals surface area contributed by atoms with Gasteiger partial charge in [0.05, 0.1) is 18.4 Å². The molecule has 0 saturated carbocycles.